The summed E-state index contributed by atoms with van der Waals surface area (Å²) in [6, 6.07) is -0.369. The Kier molecular flexibility index (Phi) is 4.46. The minimum atomic E-state index is -0.901. The maximum absolute atomic E-state index is 11.7. The second-order valence-corrected chi connectivity index (χ2v) is 5.65. The molecule has 0 unspecified atom stereocenters. The van der Waals surface area contributed by atoms with Crippen molar-refractivity contribution in [3.05, 3.63) is 0 Å². The molecule has 2 fully saturated rings. The number of rotatable bonds is 7. The number of hydrogen-bond acceptors (Lipinski definition) is 3. The minimum absolute atomic E-state index is 0.0428. The normalized spacial score (nSPS) is 19.6. The molecule has 2 rings (SSSR count). The van der Waals surface area contributed by atoms with Crippen LogP contribution in [0.15, 0.2) is 0 Å². The molecular formula is C13H21N3O4. The number of urea groups is 1. The highest BCUT2D eigenvalue weighted by Crippen LogP contribution is 2.34. The topological polar surface area (TPSA) is 108 Å². The monoisotopic (exact) mass is 283 g/mol. The number of amides is 3. The smallest absolute Gasteiger partial charge is 0.315 e. The first-order valence-corrected chi connectivity index (χ1v) is 7.06. The first-order chi connectivity index (χ1) is 9.51. The van der Waals surface area contributed by atoms with Crippen LogP contribution in [-0.4, -0.2) is 41.6 Å². The van der Waals surface area contributed by atoms with E-state index in [0.717, 1.165) is 19.3 Å². The van der Waals surface area contributed by atoms with E-state index in [4.69, 9.17) is 5.11 Å². The van der Waals surface area contributed by atoms with Gasteiger partial charge >= 0.3 is 12.0 Å². The lowest BCUT2D eigenvalue weighted by Crippen LogP contribution is -2.57. The Labute approximate surface area is 117 Å². The Balaban J connectivity index is 1.61. The molecule has 0 aromatic heterocycles. The van der Waals surface area contributed by atoms with E-state index in [1.165, 1.54) is 0 Å². The summed E-state index contributed by atoms with van der Waals surface area (Å²) in [5.41, 5.74) is -0.590. The maximum Gasteiger partial charge on any atom is 0.315 e. The Hall–Kier alpha value is -1.79. The number of carbonyl (C=O) groups is 3. The average Bonchev–Trinajstić information content (AvgIpc) is 3.15. The second kappa shape index (κ2) is 6.11. The number of carboxylic acid groups (broad SMARTS) is 1. The summed E-state index contributed by atoms with van der Waals surface area (Å²) in [4.78, 5) is 33.8. The van der Waals surface area contributed by atoms with Crippen LogP contribution >= 0.6 is 0 Å². The maximum atomic E-state index is 11.7. The number of nitrogens with one attached hydrogen (secondary N) is 3. The predicted molar refractivity (Wildman–Crippen MR) is 71.1 cm³/mol. The standard InChI is InChI=1S/C13H21N3O4/c17-10(18)8-13(4-1-5-13)16-12(20)15-7-6-14-11(19)9-2-3-9/h9H,1-8H2,(H,14,19)(H,17,18)(H2,15,16,20). The number of hydrogen-bond donors (Lipinski definition) is 4. The lowest BCUT2D eigenvalue weighted by molar-refractivity contribution is -0.139. The van der Waals surface area contributed by atoms with Crippen LogP contribution in [0.4, 0.5) is 4.79 Å². The van der Waals surface area contributed by atoms with Crippen LogP contribution in [0.3, 0.4) is 0 Å². The molecule has 2 saturated carbocycles. The zero-order chi connectivity index (χ0) is 14.6. The van der Waals surface area contributed by atoms with Gasteiger partial charge in [-0.05, 0) is 32.1 Å². The van der Waals surface area contributed by atoms with Gasteiger partial charge in [0.2, 0.25) is 5.91 Å². The second-order valence-electron chi connectivity index (χ2n) is 5.65. The van der Waals surface area contributed by atoms with E-state index >= 15 is 0 Å². The SMILES string of the molecule is O=C(O)CC1(NC(=O)NCCNC(=O)C2CC2)CCC1. The molecule has 0 bridgehead atoms. The third-order valence-corrected chi connectivity index (χ3v) is 3.84. The van der Waals surface area contributed by atoms with Gasteiger partial charge in [-0.3, -0.25) is 9.59 Å². The Morgan fingerprint density at radius 3 is 2.25 bits per heavy atom. The number of aliphatic carboxylic acids is 1. The zero-order valence-electron chi connectivity index (χ0n) is 11.4. The predicted octanol–water partition coefficient (Wildman–Crippen LogP) is 0.209. The first-order valence-electron chi connectivity index (χ1n) is 7.06. The summed E-state index contributed by atoms with van der Waals surface area (Å²) < 4.78 is 0. The van der Waals surface area contributed by atoms with Gasteiger partial charge in [0.05, 0.1) is 12.0 Å². The molecular weight excluding hydrogens is 262 g/mol. The van der Waals surface area contributed by atoms with Crippen LogP contribution in [0.1, 0.15) is 38.5 Å². The van der Waals surface area contributed by atoms with Gasteiger partial charge in [-0.15, -0.1) is 0 Å². The molecule has 0 spiro atoms. The van der Waals surface area contributed by atoms with Gasteiger partial charge in [0.15, 0.2) is 0 Å². The van der Waals surface area contributed by atoms with Gasteiger partial charge in [0, 0.05) is 19.0 Å². The van der Waals surface area contributed by atoms with Crippen LogP contribution in [0.5, 0.6) is 0 Å². The van der Waals surface area contributed by atoms with E-state index in [2.05, 4.69) is 16.0 Å². The fourth-order valence-electron chi connectivity index (χ4n) is 2.38. The molecule has 0 aliphatic heterocycles. The quantitative estimate of drug-likeness (QED) is 0.501. The number of carboxylic acids is 1. The van der Waals surface area contributed by atoms with E-state index < -0.39 is 11.5 Å². The number of carbonyl (C=O) groups excluding carboxylic acids is 2. The largest absolute Gasteiger partial charge is 0.481 e. The van der Waals surface area contributed by atoms with Crippen molar-refractivity contribution >= 4 is 17.9 Å². The molecule has 0 aromatic carbocycles. The summed E-state index contributed by atoms with van der Waals surface area (Å²) >= 11 is 0. The van der Waals surface area contributed by atoms with Crippen molar-refractivity contribution in [2.45, 2.75) is 44.1 Å². The van der Waals surface area contributed by atoms with E-state index in [1.807, 2.05) is 0 Å². The lowest BCUT2D eigenvalue weighted by Gasteiger charge is -2.41. The molecule has 0 atom stereocenters. The molecule has 0 heterocycles. The highest BCUT2D eigenvalue weighted by molar-refractivity contribution is 5.81. The van der Waals surface area contributed by atoms with Crippen molar-refractivity contribution in [1.82, 2.24) is 16.0 Å². The fraction of sp³-hybridized carbons (Fsp3) is 0.769. The molecule has 112 valence electrons. The molecule has 7 heteroatoms. The molecule has 0 radical (unpaired) electrons. The fourth-order valence-corrected chi connectivity index (χ4v) is 2.38. The highest BCUT2D eigenvalue weighted by Gasteiger charge is 2.40. The van der Waals surface area contributed by atoms with Gasteiger partial charge in [-0.25, -0.2) is 4.79 Å². The Morgan fingerprint density at radius 2 is 1.75 bits per heavy atom. The van der Waals surface area contributed by atoms with Crippen LogP contribution in [-0.2, 0) is 9.59 Å². The van der Waals surface area contributed by atoms with Crippen molar-refractivity contribution < 1.29 is 19.5 Å². The van der Waals surface area contributed by atoms with Crippen molar-refractivity contribution in [2.75, 3.05) is 13.1 Å². The Bertz CT molecular complexity index is 402. The molecule has 2 aliphatic carbocycles. The molecule has 0 aromatic rings. The summed E-state index contributed by atoms with van der Waals surface area (Å²) in [5.74, 6) is -0.687. The van der Waals surface area contributed by atoms with Crippen molar-refractivity contribution in [3.8, 4) is 0 Å². The average molecular weight is 283 g/mol. The van der Waals surface area contributed by atoms with Crippen LogP contribution in [0.25, 0.3) is 0 Å². The molecule has 20 heavy (non-hydrogen) atoms. The zero-order valence-corrected chi connectivity index (χ0v) is 11.4. The van der Waals surface area contributed by atoms with Gasteiger partial charge in [-0.2, -0.15) is 0 Å². The van der Waals surface area contributed by atoms with E-state index in [0.29, 0.717) is 25.9 Å². The van der Waals surface area contributed by atoms with E-state index in [-0.39, 0.29) is 24.3 Å². The van der Waals surface area contributed by atoms with Crippen molar-refractivity contribution in [3.63, 3.8) is 0 Å². The molecule has 4 N–H and O–H groups in total. The van der Waals surface area contributed by atoms with Gasteiger partial charge in [0.25, 0.3) is 0 Å². The van der Waals surface area contributed by atoms with E-state index in [9.17, 15) is 14.4 Å². The third kappa shape index (κ3) is 4.11. The summed E-state index contributed by atoms with van der Waals surface area (Å²) in [6.07, 6.45) is 4.20. The van der Waals surface area contributed by atoms with Gasteiger partial charge in [-0.1, -0.05) is 0 Å². The van der Waals surface area contributed by atoms with Crippen LogP contribution in [0.2, 0.25) is 0 Å². The molecule has 3 amide bonds. The molecule has 0 saturated heterocycles. The van der Waals surface area contributed by atoms with Crippen molar-refractivity contribution in [1.29, 1.82) is 0 Å². The Morgan fingerprint density at radius 1 is 1.10 bits per heavy atom. The summed E-state index contributed by atoms with van der Waals surface area (Å²) in [6.45, 7) is 0.738. The van der Waals surface area contributed by atoms with E-state index in [1.54, 1.807) is 0 Å². The highest BCUT2D eigenvalue weighted by atomic mass is 16.4. The van der Waals surface area contributed by atoms with Crippen molar-refractivity contribution in [2.24, 2.45) is 5.92 Å². The third-order valence-electron chi connectivity index (χ3n) is 3.84. The lowest BCUT2D eigenvalue weighted by atomic mass is 9.74. The first kappa shape index (κ1) is 14.6. The summed E-state index contributed by atoms with van der Waals surface area (Å²) in [5, 5.41) is 17.0. The van der Waals surface area contributed by atoms with Crippen LogP contribution < -0.4 is 16.0 Å². The van der Waals surface area contributed by atoms with Gasteiger partial charge in [0.1, 0.15) is 0 Å². The van der Waals surface area contributed by atoms with Gasteiger partial charge < -0.3 is 21.1 Å². The molecule has 2 aliphatic rings. The van der Waals surface area contributed by atoms with Crippen LogP contribution in [0, 0.1) is 5.92 Å². The minimum Gasteiger partial charge on any atom is -0.481 e. The summed E-state index contributed by atoms with van der Waals surface area (Å²) in [7, 11) is 0. The molecule has 7 nitrogen and oxygen atoms in total.